The molecule has 2 aromatic rings. The number of methoxy groups -OCH3 is 1. The van der Waals surface area contributed by atoms with E-state index in [4.69, 9.17) is 9.47 Å². The molecule has 0 radical (unpaired) electrons. The Bertz CT molecular complexity index is 717. The van der Waals surface area contributed by atoms with Gasteiger partial charge in [0.05, 0.1) is 25.8 Å². The minimum atomic E-state index is -0.623. The van der Waals surface area contributed by atoms with E-state index in [1.165, 1.54) is 30.6 Å². The highest BCUT2D eigenvalue weighted by Gasteiger charge is 2.13. The van der Waals surface area contributed by atoms with Gasteiger partial charge in [-0.1, -0.05) is 0 Å². The van der Waals surface area contributed by atoms with Gasteiger partial charge in [0, 0.05) is 10.9 Å². The molecule has 6 nitrogen and oxygen atoms in total. The fourth-order valence-corrected chi connectivity index (χ4v) is 2.49. The summed E-state index contributed by atoms with van der Waals surface area (Å²) in [5.41, 5.74) is 0.648. The molecule has 0 aliphatic rings. The number of carbonyl (C=O) groups is 2. The van der Waals surface area contributed by atoms with Crippen LogP contribution in [0.25, 0.3) is 0 Å². The lowest BCUT2D eigenvalue weighted by atomic mass is 10.2. The van der Waals surface area contributed by atoms with Gasteiger partial charge in [0.15, 0.2) is 16.7 Å². The average Bonchev–Trinajstić information content (AvgIpc) is 2.94. The first kappa shape index (κ1) is 16.9. The molecule has 0 bridgehead atoms. The molecule has 0 fully saturated rings. The zero-order valence-electron chi connectivity index (χ0n) is 12.6. The predicted octanol–water partition coefficient (Wildman–Crippen LogP) is 2.65. The molecule has 1 N–H and O–H groups in total. The second-order valence-corrected chi connectivity index (χ2v) is 5.29. The Labute approximate surface area is 136 Å². The van der Waals surface area contributed by atoms with Gasteiger partial charge in [0.2, 0.25) is 0 Å². The number of esters is 1. The molecule has 1 amide bonds. The quantitative estimate of drug-likeness (QED) is 0.819. The number of carbonyl (C=O) groups excluding carboxylic acids is 2. The largest absolute Gasteiger partial charge is 0.494 e. The Balaban J connectivity index is 2.02. The van der Waals surface area contributed by atoms with Crippen molar-refractivity contribution in [3.63, 3.8) is 0 Å². The lowest BCUT2D eigenvalue weighted by Crippen LogP contribution is -2.12. The summed E-state index contributed by atoms with van der Waals surface area (Å²) in [5.74, 6) is -1.44. The van der Waals surface area contributed by atoms with Gasteiger partial charge in [0.25, 0.3) is 5.91 Å². The number of anilines is 1. The van der Waals surface area contributed by atoms with Gasteiger partial charge in [0.1, 0.15) is 0 Å². The topological polar surface area (TPSA) is 77.5 Å². The summed E-state index contributed by atoms with van der Waals surface area (Å²) in [7, 11) is 1.35. The number of aromatic nitrogens is 1. The summed E-state index contributed by atoms with van der Waals surface area (Å²) >= 11 is 1.18. The minimum absolute atomic E-state index is 0.0391. The van der Waals surface area contributed by atoms with Crippen LogP contribution in [0.5, 0.6) is 5.75 Å². The highest BCUT2D eigenvalue weighted by Crippen LogP contribution is 2.20. The van der Waals surface area contributed by atoms with Crippen molar-refractivity contribution < 1.29 is 23.5 Å². The van der Waals surface area contributed by atoms with E-state index < -0.39 is 11.7 Å². The third-order valence-electron chi connectivity index (χ3n) is 2.82. The Morgan fingerprint density at radius 3 is 2.83 bits per heavy atom. The highest BCUT2D eigenvalue weighted by atomic mass is 32.1. The number of ether oxygens (including phenoxy) is 2. The normalized spacial score (nSPS) is 10.2. The van der Waals surface area contributed by atoms with Crippen molar-refractivity contribution in [3.05, 3.63) is 40.7 Å². The van der Waals surface area contributed by atoms with E-state index in [1.807, 2.05) is 0 Å². The lowest BCUT2D eigenvalue weighted by molar-refractivity contribution is -0.142. The van der Waals surface area contributed by atoms with Crippen molar-refractivity contribution in [2.45, 2.75) is 13.3 Å². The van der Waals surface area contributed by atoms with Crippen molar-refractivity contribution in [1.82, 2.24) is 4.98 Å². The maximum absolute atomic E-state index is 13.6. The van der Waals surface area contributed by atoms with E-state index in [2.05, 4.69) is 10.3 Å². The third-order valence-corrected chi connectivity index (χ3v) is 3.62. The molecule has 0 spiro atoms. The van der Waals surface area contributed by atoms with Crippen LogP contribution < -0.4 is 10.1 Å². The monoisotopic (exact) mass is 338 g/mol. The molecular weight excluding hydrogens is 323 g/mol. The maximum Gasteiger partial charge on any atom is 0.311 e. The first-order valence-electron chi connectivity index (χ1n) is 6.78. The van der Waals surface area contributed by atoms with E-state index in [9.17, 15) is 14.0 Å². The standard InChI is InChI=1S/C15H15FN2O4S/c1-3-22-13(19)7-10-8-23-15(17-10)18-14(20)9-4-5-12(21-2)11(16)6-9/h4-6,8H,3,7H2,1-2H3,(H,17,18,20). The van der Waals surface area contributed by atoms with Gasteiger partial charge in [-0.15, -0.1) is 11.3 Å². The Kier molecular flexibility index (Phi) is 5.64. The van der Waals surface area contributed by atoms with Crippen molar-refractivity contribution in [1.29, 1.82) is 0 Å². The van der Waals surface area contributed by atoms with E-state index in [0.717, 1.165) is 6.07 Å². The predicted molar refractivity (Wildman–Crippen MR) is 83.4 cm³/mol. The van der Waals surface area contributed by atoms with Gasteiger partial charge in [-0.25, -0.2) is 9.37 Å². The van der Waals surface area contributed by atoms with Crippen LogP contribution >= 0.6 is 11.3 Å². The fraction of sp³-hybridized carbons (Fsp3) is 0.267. The molecule has 0 unspecified atom stereocenters. The number of amides is 1. The van der Waals surface area contributed by atoms with Crippen molar-refractivity contribution in [2.24, 2.45) is 0 Å². The van der Waals surface area contributed by atoms with E-state index in [0.29, 0.717) is 17.4 Å². The fourth-order valence-electron chi connectivity index (χ4n) is 1.78. The first-order chi connectivity index (χ1) is 11.0. The molecule has 8 heteroatoms. The van der Waals surface area contributed by atoms with Crippen LogP contribution in [-0.2, 0) is 16.0 Å². The second kappa shape index (κ2) is 7.68. The first-order valence-corrected chi connectivity index (χ1v) is 7.66. The lowest BCUT2D eigenvalue weighted by Gasteiger charge is -2.05. The summed E-state index contributed by atoms with van der Waals surface area (Å²) in [6.07, 6.45) is 0.0391. The molecule has 0 saturated carbocycles. The summed E-state index contributed by atoms with van der Waals surface area (Å²) < 4.78 is 23.2. The summed E-state index contributed by atoms with van der Waals surface area (Å²) in [5, 5.41) is 4.54. The Morgan fingerprint density at radius 2 is 2.17 bits per heavy atom. The van der Waals surface area contributed by atoms with Crippen LogP contribution in [0.3, 0.4) is 0 Å². The highest BCUT2D eigenvalue weighted by molar-refractivity contribution is 7.14. The van der Waals surface area contributed by atoms with Crippen LogP contribution in [0, 0.1) is 5.82 Å². The van der Waals surface area contributed by atoms with E-state index in [-0.39, 0.29) is 23.7 Å². The molecule has 0 saturated heterocycles. The Morgan fingerprint density at radius 1 is 1.39 bits per heavy atom. The van der Waals surface area contributed by atoms with E-state index >= 15 is 0 Å². The minimum Gasteiger partial charge on any atom is -0.494 e. The summed E-state index contributed by atoms with van der Waals surface area (Å²) in [6, 6.07) is 3.91. The molecule has 23 heavy (non-hydrogen) atoms. The second-order valence-electron chi connectivity index (χ2n) is 4.43. The zero-order valence-corrected chi connectivity index (χ0v) is 13.4. The Hall–Kier alpha value is -2.48. The molecule has 1 aromatic heterocycles. The van der Waals surface area contributed by atoms with Crippen LogP contribution in [-0.4, -0.2) is 30.6 Å². The third kappa shape index (κ3) is 4.49. The number of nitrogens with zero attached hydrogens (tertiary/aromatic N) is 1. The number of hydrogen-bond donors (Lipinski definition) is 1. The number of hydrogen-bond acceptors (Lipinski definition) is 6. The number of halogens is 1. The average molecular weight is 338 g/mol. The molecule has 2 rings (SSSR count). The molecule has 122 valence electrons. The SMILES string of the molecule is CCOC(=O)Cc1csc(NC(=O)c2ccc(OC)c(F)c2)n1. The molecular formula is C15H15FN2O4S. The molecule has 1 aromatic carbocycles. The molecule has 0 aliphatic carbocycles. The summed E-state index contributed by atoms with van der Waals surface area (Å²) in [6.45, 7) is 2.02. The molecule has 0 aliphatic heterocycles. The van der Waals surface area contributed by atoms with Crippen molar-refractivity contribution >= 4 is 28.3 Å². The van der Waals surface area contributed by atoms with Gasteiger partial charge in [-0.2, -0.15) is 0 Å². The number of rotatable bonds is 6. The number of benzene rings is 1. The van der Waals surface area contributed by atoms with Crippen LogP contribution in [0.4, 0.5) is 9.52 Å². The number of nitrogens with one attached hydrogen (secondary N) is 1. The van der Waals surface area contributed by atoms with Crippen LogP contribution in [0.2, 0.25) is 0 Å². The maximum atomic E-state index is 13.6. The van der Waals surface area contributed by atoms with Crippen LogP contribution in [0.15, 0.2) is 23.6 Å². The van der Waals surface area contributed by atoms with Gasteiger partial charge in [-0.05, 0) is 25.1 Å². The number of thiazole rings is 1. The van der Waals surface area contributed by atoms with Crippen molar-refractivity contribution in [3.8, 4) is 5.75 Å². The van der Waals surface area contributed by atoms with E-state index in [1.54, 1.807) is 12.3 Å². The van der Waals surface area contributed by atoms with Crippen molar-refractivity contribution in [2.75, 3.05) is 19.0 Å². The zero-order chi connectivity index (χ0) is 16.8. The van der Waals surface area contributed by atoms with Gasteiger partial charge in [-0.3, -0.25) is 14.9 Å². The van der Waals surface area contributed by atoms with Crippen LogP contribution in [0.1, 0.15) is 23.0 Å². The smallest absolute Gasteiger partial charge is 0.311 e. The molecule has 1 heterocycles. The summed E-state index contributed by atoms with van der Waals surface area (Å²) in [4.78, 5) is 27.5. The van der Waals surface area contributed by atoms with Gasteiger partial charge < -0.3 is 9.47 Å². The molecule has 0 atom stereocenters. The van der Waals surface area contributed by atoms with Gasteiger partial charge >= 0.3 is 5.97 Å².